The summed E-state index contributed by atoms with van der Waals surface area (Å²) in [6.07, 6.45) is -4.53. The van der Waals surface area contributed by atoms with Gasteiger partial charge in [0.05, 0.1) is 12.5 Å². The Morgan fingerprint density at radius 1 is 1.30 bits per heavy atom. The van der Waals surface area contributed by atoms with Crippen molar-refractivity contribution >= 4 is 5.91 Å². The van der Waals surface area contributed by atoms with E-state index in [1.807, 2.05) is 0 Å². The zero-order valence-corrected chi connectivity index (χ0v) is 11.2. The molecule has 1 amide bonds. The Kier molecular flexibility index (Phi) is 3.72. The van der Waals surface area contributed by atoms with Crippen LogP contribution in [0.2, 0.25) is 0 Å². The summed E-state index contributed by atoms with van der Waals surface area (Å²) in [6, 6.07) is -0.312. The second-order valence-corrected chi connectivity index (χ2v) is 5.00. The molecule has 0 aliphatic carbocycles. The van der Waals surface area contributed by atoms with Crippen LogP contribution in [-0.4, -0.2) is 38.2 Å². The first-order chi connectivity index (χ1) is 9.21. The summed E-state index contributed by atoms with van der Waals surface area (Å²) in [7, 11) is 0. The summed E-state index contributed by atoms with van der Waals surface area (Å²) < 4.78 is 39.0. The summed E-state index contributed by atoms with van der Waals surface area (Å²) in [4.78, 5) is 13.6. The molecule has 0 bridgehead atoms. The number of carbonyl (C=O) groups is 1. The summed E-state index contributed by atoms with van der Waals surface area (Å²) >= 11 is 0. The fourth-order valence-electron chi connectivity index (χ4n) is 2.07. The fourth-order valence-corrected chi connectivity index (χ4v) is 2.07. The molecule has 0 saturated carbocycles. The van der Waals surface area contributed by atoms with Crippen molar-refractivity contribution in [1.82, 2.24) is 19.7 Å². The quantitative estimate of drug-likeness (QED) is 0.866. The van der Waals surface area contributed by atoms with Gasteiger partial charge in [-0.05, 0) is 6.92 Å². The van der Waals surface area contributed by atoms with Crippen LogP contribution in [0.1, 0.15) is 25.5 Å². The maximum absolute atomic E-state index is 12.7. The van der Waals surface area contributed by atoms with Crippen LogP contribution in [0, 0.1) is 5.92 Å². The summed E-state index contributed by atoms with van der Waals surface area (Å²) in [6.45, 7) is 3.68. The van der Waals surface area contributed by atoms with Gasteiger partial charge in [-0.2, -0.15) is 13.2 Å². The van der Waals surface area contributed by atoms with E-state index in [2.05, 4.69) is 10.2 Å². The average Bonchev–Trinajstić information content (AvgIpc) is 2.79. The number of halogens is 3. The largest absolute Gasteiger partial charge is 0.451 e. The highest BCUT2D eigenvalue weighted by Crippen LogP contribution is 2.29. The summed E-state index contributed by atoms with van der Waals surface area (Å²) in [5, 5.41) is 6.70. The maximum Gasteiger partial charge on any atom is 0.451 e. The highest BCUT2D eigenvalue weighted by Gasteiger charge is 2.40. The lowest BCUT2D eigenvalue weighted by Crippen LogP contribution is -2.45. The fraction of sp³-hybridized carbons (Fsp3) is 0.727. The Bertz CT molecular complexity index is 511. The second-order valence-electron chi connectivity index (χ2n) is 5.00. The van der Waals surface area contributed by atoms with Crippen LogP contribution >= 0.6 is 0 Å². The van der Waals surface area contributed by atoms with Gasteiger partial charge in [0.1, 0.15) is 0 Å². The zero-order chi connectivity index (χ0) is 15.1. The smallest absolute Gasteiger partial charge is 0.333 e. The molecule has 9 heteroatoms. The lowest BCUT2D eigenvalue weighted by Gasteiger charge is -2.31. The van der Waals surface area contributed by atoms with Crippen LogP contribution in [0.4, 0.5) is 13.2 Å². The Labute approximate surface area is 113 Å². The van der Waals surface area contributed by atoms with Crippen molar-refractivity contribution in [3.63, 3.8) is 0 Å². The van der Waals surface area contributed by atoms with E-state index in [1.54, 1.807) is 13.8 Å². The van der Waals surface area contributed by atoms with Crippen molar-refractivity contribution < 1.29 is 18.0 Å². The predicted molar refractivity (Wildman–Crippen MR) is 63.3 cm³/mol. The molecule has 0 spiro atoms. The SMILES string of the molecule is CC(N)C(C)C(=O)N1CCn2c(nnc2C(F)(F)F)C1. The molecule has 2 atom stereocenters. The number of carbonyl (C=O) groups excluding carboxylic acids is 1. The third kappa shape index (κ3) is 2.62. The number of nitrogens with two attached hydrogens (primary N) is 1. The summed E-state index contributed by atoms with van der Waals surface area (Å²) in [5.74, 6) is -1.43. The average molecular weight is 291 g/mol. The molecular weight excluding hydrogens is 275 g/mol. The highest BCUT2D eigenvalue weighted by atomic mass is 19.4. The third-order valence-corrected chi connectivity index (χ3v) is 3.50. The van der Waals surface area contributed by atoms with Gasteiger partial charge in [0.15, 0.2) is 5.82 Å². The maximum atomic E-state index is 12.7. The predicted octanol–water partition coefficient (Wildman–Crippen LogP) is 0.622. The molecule has 1 aliphatic rings. The minimum atomic E-state index is -4.53. The molecule has 1 aliphatic heterocycles. The number of hydrogen-bond acceptors (Lipinski definition) is 4. The van der Waals surface area contributed by atoms with Crippen molar-refractivity contribution in [2.75, 3.05) is 6.54 Å². The molecule has 112 valence electrons. The molecule has 0 fully saturated rings. The first-order valence-corrected chi connectivity index (χ1v) is 6.25. The van der Waals surface area contributed by atoms with E-state index in [0.29, 0.717) is 0 Å². The first-order valence-electron chi connectivity index (χ1n) is 6.25. The number of aromatic nitrogens is 3. The van der Waals surface area contributed by atoms with E-state index in [4.69, 9.17) is 5.73 Å². The normalized spacial score (nSPS) is 18.6. The second kappa shape index (κ2) is 5.04. The number of alkyl halides is 3. The van der Waals surface area contributed by atoms with Gasteiger partial charge in [-0.1, -0.05) is 6.92 Å². The molecule has 2 rings (SSSR count). The van der Waals surface area contributed by atoms with Gasteiger partial charge in [0.25, 0.3) is 0 Å². The number of amides is 1. The highest BCUT2D eigenvalue weighted by molar-refractivity contribution is 5.79. The van der Waals surface area contributed by atoms with Gasteiger partial charge in [0, 0.05) is 19.1 Å². The molecule has 2 heterocycles. The van der Waals surface area contributed by atoms with Crippen LogP contribution in [0.5, 0.6) is 0 Å². The van der Waals surface area contributed by atoms with Crippen molar-refractivity contribution in [2.24, 2.45) is 11.7 Å². The number of hydrogen-bond donors (Lipinski definition) is 1. The van der Waals surface area contributed by atoms with Crippen LogP contribution in [0.15, 0.2) is 0 Å². The number of nitrogens with zero attached hydrogens (tertiary/aromatic N) is 4. The molecule has 20 heavy (non-hydrogen) atoms. The van der Waals surface area contributed by atoms with Gasteiger partial charge in [-0.3, -0.25) is 4.79 Å². The Morgan fingerprint density at radius 2 is 1.95 bits per heavy atom. The molecule has 0 aromatic carbocycles. The van der Waals surface area contributed by atoms with Crippen molar-refractivity contribution in [2.45, 2.75) is 39.2 Å². The molecule has 1 aromatic heterocycles. The van der Waals surface area contributed by atoms with Crippen LogP contribution < -0.4 is 5.73 Å². The Morgan fingerprint density at radius 3 is 2.50 bits per heavy atom. The zero-order valence-electron chi connectivity index (χ0n) is 11.2. The van der Waals surface area contributed by atoms with E-state index >= 15 is 0 Å². The molecule has 0 saturated heterocycles. The minimum Gasteiger partial charge on any atom is -0.333 e. The molecule has 6 nitrogen and oxygen atoms in total. The lowest BCUT2D eigenvalue weighted by atomic mass is 10.0. The van der Waals surface area contributed by atoms with E-state index < -0.39 is 12.0 Å². The molecule has 2 N–H and O–H groups in total. The first kappa shape index (κ1) is 14.8. The minimum absolute atomic E-state index is 0.0268. The van der Waals surface area contributed by atoms with Gasteiger partial charge in [-0.25, -0.2) is 0 Å². The molecule has 0 radical (unpaired) electrons. The van der Waals surface area contributed by atoms with Crippen LogP contribution in [0.3, 0.4) is 0 Å². The third-order valence-electron chi connectivity index (χ3n) is 3.50. The van der Waals surface area contributed by atoms with E-state index in [9.17, 15) is 18.0 Å². The van der Waals surface area contributed by atoms with Crippen LogP contribution in [-0.2, 0) is 24.1 Å². The van der Waals surface area contributed by atoms with Gasteiger partial charge < -0.3 is 15.2 Å². The van der Waals surface area contributed by atoms with Crippen molar-refractivity contribution in [1.29, 1.82) is 0 Å². The van der Waals surface area contributed by atoms with E-state index in [1.165, 1.54) is 4.90 Å². The monoisotopic (exact) mass is 291 g/mol. The lowest BCUT2D eigenvalue weighted by molar-refractivity contribution is -0.148. The molecule has 2 unspecified atom stereocenters. The van der Waals surface area contributed by atoms with Crippen molar-refractivity contribution in [3.8, 4) is 0 Å². The van der Waals surface area contributed by atoms with Gasteiger partial charge >= 0.3 is 6.18 Å². The summed E-state index contributed by atoms with van der Waals surface area (Å²) in [5.41, 5.74) is 5.67. The molecular formula is C11H16F3N5O. The van der Waals surface area contributed by atoms with Gasteiger partial charge in [-0.15, -0.1) is 10.2 Å². The Hall–Kier alpha value is -1.64. The van der Waals surface area contributed by atoms with E-state index in [-0.39, 0.29) is 43.3 Å². The van der Waals surface area contributed by atoms with Gasteiger partial charge in [0.2, 0.25) is 11.7 Å². The molecule has 1 aromatic rings. The van der Waals surface area contributed by atoms with E-state index in [0.717, 1.165) is 4.57 Å². The van der Waals surface area contributed by atoms with Crippen molar-refractivity contribution in [3.05, 3.63) is 11.6 Å². The number of fused-ring (bicyclic) bond motifs is 1. The van der Waals surface area contributed by atoms with Crippen LogP contribution in [0.25, 0.3) is 0 Å². The standard InChI is InChI=1S/C11H16F3N5O/c1-6(7(2)15)9(20)18-3-4-19-8(5-18)16-17-10(19)11(12,13)14/h6-7H,3-5,15H2,1-2H3. The number of rotatable bonds is 2. The Balaban J connectivity index is 2.17. The topological polar surface area (TPSA) is 77.0 Å².